The molecule has 0 aromatic heterocycles. The second-order valence-corrected chi connectivity index (χ2v) is 31.9. The summed E-state index contributed by atoms with van der Waals surface area (Å²) < 4.78 is 39.1. The van der Waals surface area contributed by atoms with Crippen molar-refractivity contribution in [3.8, 4) is 51.4 Å². The monoisotopic (exact) mass is 1560 g/mol. The Bertz CT molecular complexity index is 4440. The molecule has 7 heterocycles. The molecule has 18 atom stereocenters. The quantitative estimate of drug-likeness (QED) is 0.0758. The van der Waals surface area contributed by atoms with Crippen LogP contribution in [0.1, 0.15) is 148 Å². The number of hydrogen-bond donors (Lipinski definition) is 18. The number of nitrogens with two attached hydrogens (primary N) is 2. The Balaban J connectivity index is 1.01. The fourth-order valence-corrected chi connectivity index (χ4v) is 17.6. The average molecular weight is 1560 g/mol. The second kappa shape index (κ2) is 32.1. The van der Waals surface area contributed by atoms with Crippen molar-refractivity contribution in [2.45, 2.75) is 208 Å². The number of fused-ring (bicyclic) bond motifs is 15. The van der Waals surface area contributed by atoms with Crippen molar-refractivity contribution in [2.75, 3.05) is 13.7 Å². The summed E-state index contributed by atoms with van der Waals surface area (Å²) >= 11 is 7.25. The van der Waals surface area contributed by atoms with Crippen molar-refractivity contribution in [3.05, 3.63) is 123 Å². The van der Waals surface area contributed by atoms with Crippen molar-refractivity contribution >= 4 is 58.9 Å². The van der Waals surface area contributed by atoms with Crippen molar-refractivity contribution in [1.29, 1.82) is 0 Å². The predicted octanol–water partition coefficient (Wildman–Crippen LogP) is 2.22. The Labute approximate surface area is 643 Å². The molecule has 4 saturated carbocycles. The number of primary amides is 1. The number of amides is 8. The third-order valence-corrected chi connectivity index (χ3v) is 23.1. The highest BCUT2D eigenvalue weighted by molar-refractivity contribution is 6.32. The number of hydrogen-bond acceptors (Lipinski definition) is 24. The Morgan fingerprint density at radius 1 is 0.694 bits per heavy atom. The zero-order valence-corrected chi connectivity index (χ0v) is 62.7. The number of carbonyl (C=O) groups is 8. The lowest BCUT2D eigenvalue weighted by atomic mass is 9.54. The van der Waals surface area contributed by atoms with Crippen LogP contribution in [0.25, 0.3) is 11.1 Å². The van der Waals surface area contributed by atoms with Gasteiger partial charge in [-0.3, -0.25) is 38.4 Å². The zero-order valence-electron chi connectivity index (χ0n) is 62.0. The fraction of sp³-hybridized carbons (Fsp3) is 0.513. The first-order valence-electron chi connectivity index (χ1n) is 37.3. The standard InChI is InChI=1S/C78H95ClN10O22/c1-30(2)14-46(82-7)70(99)88-61-63(94)37-9-12-49(31(3)15-37)107-51-24-41-25-52(67(51)111-77-68(66(97)65(96)53(29-90)109-77)110-55-28-78(6,81)69(98)33(5)106-55)108-50-13-10-38(23-45(50)79)64(95)62-76(105)87-60(74(103)84-57-39-18-34-17-35(20-39)21-40(57)19-34)44-26-42(91)16-32(4)56(44)43-22-36(8-11-48(43)92)58(72(101)89-62)86-73(102)59(41)85-71(100)47(27-54(80)93)83-75(61)104/h8-13,15-16,22-26,30,33-35,39-40,46-47,53,55,57-66,68-69,77,82,90-92,94-98H,14,17-21,27-29,81H2,1-7H3,(H2,80,93)(H,83,104)(H,84,103)(H,85,100)(H,86,102)(H,87,105)(H,88,99)(H,89,101)/t33-,34?,35?,39?,40?,46+,47-,53+,55-,57?,58+,59+,60-,61+,62-,63+,64+,65+,66-,68+,69+,77-,78-/m0/s1. The van der Waals surface area contributed by atoms with Gasteiger partial charge >= 0.3 is 0 Å². The smallest absolute Gasteiger partial charge is 0.248 e. The Morgan fingerprint density at radius 3 is 1.95 bits per heavy atom. The molecule has 15 bridgehead atoms. The molecule has 5 aromatic rings. The van der Waals surface area contributed by atoms with Gasteiger partial charge in [-0.2, -0.15) is 0 Å². The van der Waals surface area contributed by atoms with E-state index in [4.69, 9.17) is 51.5 Å². The van der Waals surface area contributed by atoms with Crippen LogP contribution < -0.4 is 68.2 Å². The van der Waals surface area contributed by atoms with E-state index in [1.54, 1.807) is 13.8 Å². The van der Waals surface area contributed by atoms with Gasteiger partial charge in [0.15, 0.2) is 23.9 Å². The molecule has 16 rings (SSSR count). The number of phenolic OH excluding ortho intramolecular Hbond substituents is 2. The van der Waals surface area contributed by atoms with Crippen LogP contribution in [0.15, 0.2) is 78.9 Å². The normalized spacial score (nSPS) is 32.8. The lowest BCUT2D eigenvalue weighted by Crippen LogP contribution is -2.64. The van der Waals surface area contributed by atoms with Crippen LogP contribution in [0.3, 0.4) is 0 Å². The van der Waals surface area contributed by atoms with E-state index in [0.717, 1.165) is 44.2 Å². The molecule has 33 heteroatoms. The maximum atomic E-state index is 16.4. The van der Waals surface area contributed by atoms with Crippen molar-refractivity contribution in [3.63, 3.8) is 0 Å². The van der Waals surface area contributed by atoms with E-state index in [2.05, 4.69) is 42.5 Å². The summed E-state index contributed by atoms with van der Waals surface area (Å²) in [4.78, 5) is 121. The van der Waals surface area contributed by atoms with Crippen LogP contribution in [-0.2, 0) is 52.6 Å². The Hall–Kier alpha value is -9.29. The molecule has 0 unspecified atom stereocenters. The highest BCUT2D eigenvalue weighted by Gasteiger charge is 2.53. The molecule has 7 aliphatic heterocycles. The van der Waals surface area contributed by atoms with Crippen LogP contribution in [0, 0.1) is 43.4 Å². The van der Waals surface area contributed by atoms with Gasteiger partial charge in [0.2, 0.25) is 59.3 Å². The van der Waals surface area contributed by atoms with Gasteiger partial charge in [-0.05, 0) is 208 Å². The lowest BCUT2D eigenvalue weighted by Gasteiger charge is -2.54. The minimum absolute atomic E-state index is 0.00440. The van der Waals surface area contributed by atoms with Gasteiger partial charge in [0, 0.05) is 23.6 Å². The first-order valence-corrected chi connectivity index (χ1v) is 37.7. The minimum Gasteiger partial charge on any atom is -0.508 e. The molecule has 111 heavy (non-hydrogen) atoms. The summed E-state index contributed by atoms with van der Waals surface area (Å²) in [5.74, 6) is -10.5. The largest absolute Gasteiger partial charge is 0.508 e. The maximum Gasteiger partial charge on any atom is 0.248 e. The van der Waals surface area contributed by atoms with Gasteiger partial charge in [-0.1, -0.05) is 43.6 Å². The number of phenols is 2. The Kier molecular flexibility index (Phi) is 23.0. The molecular weight excluding hydrogens is 1460 g/mol. The molecule has 6 fully saturated rings. The average Bonchev–Trinajstić information content (AvgIpc) is 0.756. The van der Waals surface area contributed by atoms with Crippen LogP contribution in [0.4, 0.5) is 0 Å². The summed E-state index contributed by atoms with van der Waals surface area (Å²) in [5, 5.41) is 116. The van der Waals surface area contributed by atoms with Gasteiger partial charge in [-0.15, -0.1) is 0 Å². The molecule has 11 aliphatic rings. The SMILES string of the molecule is CN[C@H](CC(C)C)C(=O)N[C@H]1C(=O)N[C@@H](CC(N)=O)C(=O)N[C@H]2C(=O)N[C@H]3C(=O)N[C@H](C(=O)N[C@H](C(=O)NC4C5CC6CC(C5)CC4C6)c4cc(O)cc(C)c4-c4cc3ccc4O)[C@H](O)c3ccc(c(Cl)c3)Oc3cc2cc(c3O[C@@H]2O[C@H](CO)[C@@H](O)[C@H](O)[C@H]2O[C@H]2C[C@](C)(N)[C@H](O)[C@H](C)O2)Oc2ccc(cc2C)[C@H]1O. The van der Waals surface area contributed by atoms with Crippen LogP contribution >= 0.6 is 11.6 Å². The number of halogens is 1. The number of aliphatic hydroxyl groups excluding tert-OH is 6. The van der Waals surface area contributed by atoms with Crippen LogP contribution in [0.2, 0.25) is 5.02 Å². The van der Waals surface area contributed by atoms with E-state index in [-0.39, 0.29) is 109 Å². The number of ether oxygens (including phenoxy) is 6. The van der Waals surface area contributed by atoms with Crippen molar-refractivity contribution in [1.82, 2.24) is 42.5 Å². The van der Waals surface area contributed by atoms with Gasteiger partial charge < -0.3 is 123 Å². The lowest BCUT2D eigenvalue weighted by molar-refractivity contribution is -0.333. The van der Waals surface area contributed by atoms with E-state index in [1.807, 2.05) is 13.8 Å². The number of likely N-dealkylation sites (N-methyl/N-ethyl adjacent to an activating group) is 1. The predicted molar refractivity (Wildman–Crippen MR) is 393 cm³/mol. The summed E-state index contributed by atoms with van der Waals surface area (Å²) in [5.41, 5.74) is 10.8. The summed E-state index contributed by atoms with van der Waals surface area (Å²) in [6.45, 7) is 8.96. The molecule has 2 saturated heterocycles. The molecule has 20 N–H and O–H groups in total. The van der Waals surface area contributed by atoms with Crippen molar-refractivity contribution in [2.24, 2.45) is 41.1 Å². The third kappa shape index (κ3) is 16.4. The second-order valence-electron chi connectivity index (χ2n) is 31.5. The number of rotatable bonds is 14. The molecule has 8 amide bonds. The van der Waals surface area contributed by atoms with Crippen molar-refractivity contribution < 1.29 is 108 Å². The minimum atomic E-state index is -2.25. The van der Waals surface area contributed by atoms with Crippen LogP contribution in [0.5, 0.6) is 40.2 Å². The number of aromatic hydroxyl groups is 2. The van der Waals surface area contributed by atoms with E-state index in [1.165, 1.54) is 87.6 Å². The zero-order chi connectivity index (χ0) is 79.7. The molecule has 0 spiro atoms. The highest BCUT2D eigenvalue weighted by Crippen LogP contribution is 2.55. The maximum absolute atomic E-state index is 16.4. The number of benzene rings is 5. The summed E-state index contributed by atoms with van der Waals surface area (Å²) in [6, 6.07) is 3.01. The summed E-state index contributed by atoms with van der Waals surface area (Å²) in [6.07, 6.45) is -13.2. The number of nitrogens with one attached hydrogen (secondary N) is 8. The highest BCUT2D eigenvalue weighted by atomic mass is 35.5. The molecule has 596 valence electrons. The fourth-order valence-electron chi connectivity index (χ4n) is 17.3. The van der Waals surface area contributed by atoms with Gasteiger partial charge in [0.05, 0.1) is 36.3 Å². The molecule has 0 radical (unpaired) electrons. The van der Waals surface area contributed by atoms with E-state index < -0.39 is 193 Å². The number of carbonyl (C=O) groups excluding carboxylic acids is 8. The van der Waals surface area contributed by atoms with E-state index in [0.29, 0.717) is 11.8 Å². The Morgan fingerprint density at radius 2 is 1.32 bits per heavy atom. The first kappa shape index (κ1) is 79.8. The molecule has 32 nitrogen and oxygen atoms in total. The number of aliphatic hydroxyl groups is 6. The topological polar surface area (TPSA) is 502 Å². The van der Waals surface area contributed by atoms with Gasteiger partial charge in [-0.25, -0.2) is 0 Å². The summed E-state index contributed by atoms with van der Waals surface area (Å²) in [7, 11) is 1.51. The first-order chi connectivity index (χ1) is 52.6. The third-order valence-electron chi connectivity index (χ3n) is 22.8. The molecule has 4 aliphatic carbocycles. The number of aryl methyl sites for hydroxylation is 2. The van der Waals surface area contributed by atoms with E-state index >= 15 is 28.8 Å². The molecular formula is C78H95ClN10O22. The molecule has 5 aromatic carbocycles. The van der Waals surface area contributed by atoms with Gasteiger partial charge in [0.1, 0.15) is 89.8 Å². The van der Waals surface area contributed by atoms with Crippen LogP contribution in [-0.4, -0.2) is 187 Å². The van der Waals surface area contributed by atoms with E-state index in [9.17, 15) is 50.4 Å². The van der Waals surface area contributed by atoms with Gasteiger partial charge in [0.25, 0.3) is 0 Å².